The maximum Gasteiger partial charge on any atom is 0.0560 e. The summed E-state index contributed by atoms with van der Waals surface area (Å²) in [6.07, 6.45) is 4.44. The van der Waals surface area contributed by atoms with Gasteiger partial charge in [0.05, 0.1) is 10.8 Å². The Labute approximate surface area is 95.4 Å². The molecular weight excluding hydrogens is 204 g/mol. The molecule has 0 aromatic heterocycles. The van der Waals surface area contributed by atoms with E-state index >= 15 is 0 Å². The number of hydrogen-bond donors (Lipinski definition) is 0. The molecule has 2 heteroatoms. The van der Waals surface area contributed by atoms with Crippen molar-refractivity contribution in [3.05, 3.63) is 30.3 Å². The Hall–Kier alpha value is -0.630. The lowest BCUT2D eigenvalue weighted by Crippen LogP contribution is -2.14. The molecule has 0 N–H and O–H groups in total. The smallest absolute Gasteiger partial charge is 0.0560 e. The third-order valence-electron chi connectivity index (χ3n) is 2.61. The van der Waals surface area contributed by atoms with Crippen LogP contribution in [0.25, 0.3) is 0 Å². The minimum atomic E-state index is -0.823. The molecule has 0 aliphatic rings. The lowest BCUT2D eigenvalue weighted by molar-refractivity contribution is 0.626. The monoisotopic (exact) mass is 224 g/mol. The van der Waals surface area contributed by atoms with E-state index < -0.39 is 10.8 Å². The molecular formula is C13H20OS. The molecule has 0 radical (unpaired) electrons. The van der Waals surface area contributed by atoms with Crippen molar-refractivity contribution in [2.75, 3.05) is 0 Å². The topological polar surface area (TPSA) is 17.1 Å². The molecule has 1 rings (SSSR count). The Bertz CT molecular complexity index is 295. The Balaban J connectivity index is 2.65. The zero-order chi connectivity index (χ0) is 11.1. The highest BCUT2D eigenvalue weighted by Gasteiger charge is 2.15. The van der Waals surface area contributed by atoms with Crippen LogP contribution in [-0.2, 0) is 10.8 Å². The molecule has 0 heterocycles. The van der Waals surface area contributed by atoms with Crippen molar-refractivity contribution >= 4 is 10.8 Å². The van der Waals surface area contributed by atoms with Crippen LogP contribution in [0.3, 0.4) is 0 Å². The van der Waals surface area contributed by atoms with E-state index in [-0.39, 0.29) is 0 Å². The first-order valence-electron chi connectivity index (χ1n) is 5.75. The predicted molar refractivity (Wildman–Crippen MR) is 66.5 cm³/mol. The van der Waals surface area contributed by atoms with Gasteiger partial charge in [0, 0.05) is 10.1 Å². The summed E-state index contributed by atoms with van der Waals surface area (Å²) in [7, 11) is -0.823. The number of rotatable bonds is 6. The van der Waals surface area contributed by atoms with E-state index in [0.29, 0.717) is 5.25 Å². The van der Waals surface area contributed by atoms with Gasteiger partial charge in [-0.3, -0.25) is 4.21 Å². The summed E-state index contributed by atoms with van der Waals surface area (Å²) in [4.78, 5) is 0.973. The maximum atomic E-state index is 12.2. The van der Waals surface area contributed by atoms with Gasteiger partial charge in [0.1, 0.15) is 0 Å². The van der Waals surface area contributed by atoms with Crippen LogP contribution in [0.15, 0.2) is 35.2 Å². The third-order valence-corrected chi connectivity index (χ3v) is 4.52. The van der Waals surface area contributed by atoms with E-state index in [1.807, 2.05) is 30.3 Å². The zero-order valence-electron chi connectivity index (χ0n) is 9.61. The standard InChI is InChI=1S/C13H20OS/c1-3-5-9-12(4-2)15(14)13-10-7-6-8-11-13/h6-8,10-12H,3-5,9H2,1-2H3. The molecule has 1 nitrogen and oxygen atoms in total. The fourth-order valence-corrected chi connectivity index (χ4v) is 3.14. The van der Waals surface area contributed by atoms with E-state index in [4.69, 9.17) is 0 Å². The fraction of sp³-hybridized carbons (Fsp3) is 0.538. The van der Waals surface area contributed by atoms with Gasteiger partial charge in [-0.25, -0.2) is 0 Å². The van der Waals surface area contributed by atoms with Crippen LogP contribution in [0, 0.1) is 0 Å². The molecule has 15 heavy (non-hydrogen) atoms. The summed E-state index contributed by atoms with van der Waals surface area (Å²) < 4.78 is 12.2. The Morgan fingerprint density at radius 3 is 2.40 bits per heavy atom. The average Bonchev–Trinajstić information content (AvgIpc) is 2.31. The van der Waals surface area contributed by atoms with Gasteiger partial charge in [0.2, 0.25) is 0 Å². The van der Waals surface area contributed by atoms with Gasteiger partial charge in [-0.1, -0.05) is 44.9 Å². The molecule has 0 fully saturated rings. The lowest BCUT2D eigenvalue weighted by atomic mass is 10.2. The molecule has 0 aliphatic carbocycles. The quantitative estimate of drug-likeness (QED) is 0.719. The number of hydrogen-bond acceptors (Lipinski definition) is 1. The summed E-state index contributed by atoms with van der Waals surface area (Å²) in [5.74, 6) is 0. The largest absolute Gasteiger partial charge is 0.254 e. The maximum absolute atomic E-state index is 12.2. The molecule has 1 aromatic carbocycles. The lowest BCUT2D eigenvalue weighted by Gasteiger charge is -2.13. The first-order valence-corrected chi connectivity index (χ1v) is 6.96. The van der Waals surface area contributed by atoms with Gasteiger partial charge >= 0.3 is 0 Å². The molecule has 2 atom stereocenters. The van der Waals surface area contributed by atoms with Crippen molar-refractivity contribution in [3.63, 3.8) is 0 Å². The van der Waals surface area contributed by atoms with Gasteiger partial charge in [-0.05, 0) is 25.0 Å². The Kier molecular flexibility index (Phi) is 5.62. The van der Waals surface area contributed by atoms with Crippen LogP contribution in [0.4, 0.5) is 0 Å². The zero-order valence-corrected chi connectivity index (χ0v) is 10.4. The van der Waals surface area contributed by atoms with E-state index in [1.165, 1.54) is 12.8 Å². The van der Waals surface area contributed by atoms with Crippen LogP contribution in [-0.4, -0.2) is 9.46 Å². The molecule has 84 valence electrons. The van der Waals surface area contributed by atoms with Crippen LogP contribution < -0.4 is 0 Å². The molecule has 0 saturated carbocycles. The van der Waals surface area contributed by atoms with E-state index in [1.54, 1.807) is 0 Å². The first-order chi connectivity index (χ1) is 7.29. The van der Waals surface area contributed by atoms with E-state index in [9.17, 15) is 4.21 Å². The number of unbranched alkanes of at least 4 members (excludes halogenated alkanes) is 1. The van der Waals surface area contributed by atoms with Gasteiger partial charge in [0.25, 0.3) is 0 Å². The molecule has 0 aliphatic heterocycles. The fourth-order valence-electron chi connectivity index (χ4n) is 1.64. The predicted octanol–water partition coefficient (Wildman–Crippen LogP) is 3.76. The van der Waals surface area contributed by atoms with Crippen molar-refractivity contribution in [1.29, 1.82) is 0 Å². The van der Waals surface area contributed by atoms with Crippen molar-refractivity contribution in [2.45, 2.75) is 49.7 Å². The SMILES string of the molecule is CCCCC(CC)S(=O)c1ccccc1. The first kappa shape index (κ1) is 12.4. The highest BCUT2D eigenvalue weighted by Crippen LogP contribution is 2.18. The van der Waals surface area contributed by atoms with Crippen LogP contribution in [0.5, 0.6) is 0 Å². The minimum absolute atomic E-state index is 0.326. The average molecular weight is 224 g/mol. The van der Waals surface area contributed by atoms with Crippen LogP contribution >= 0.6 is 0 Å². The normalized spacial score (nSPS) is 14.8. The van der Waals surface area contributed by atoms with Crippen molar-refractivity contribution in [2.24, 2.45) is 0 Å². The Morgan fingerprint density at radius 2 is 1.87 bits per heavy atom. The van der Waals surface area contributed by atoms with E-state index in [2.05, 4.69) is 13.8 Å². The minimum Gasteiger partial charge on any atom is -0.254 e. The van der Waals surface area contributed by atoms with Gasteiger partial charge in [-0.15, -0.1) is 0 Å². The summed E-state index contributed by atoms with van der Waals surface area (Å²) in [5.41, 5.74) is 0. The molecule has 0 saturated heterocycles. The number of benzene rings is 1. The second-order valence-electron chi connectivity index (χ2n) is 3.78. The second-order valence-corrected chi connectivity index (χ2v) is 5.52. The summed E-state index contributed by atoms with van der Waals surface area (Å²) in [6, 6.07) is 9.81. The molecule has 0 amide bonds. The van der Waals surface area contributed by atoms with Gasteiger partial charge in [-0.2, -0.15) is 0 Å². The Morgan fingerprint density at radius 1 is 1.20 bits per heavy atom. The van der Waals surface area contributed by atoms with Crippen molar-refractivity contribution < 1.29 is 4.21 Å². The van der Waals surface area contributed by atoms with Gasteiger partial charge in [0.15, 0.2) is 0 Å². The van der Waals surface area contributed by atoms with Crippen LogP contribution in [0.2, 0.25) is 0 Å². The van der Waals surface area contributed by atoms with Crippen molar-refractivity contribution in [1.82, 2.24) is 0 Å². The highest BCUT2D eigenvalue weighted by atomic mass is 32.2. The summed E-state index contributed by atoms with van der Waals surface area (Å²) in [5, 5.41) is 0.326. The molecule has 1 aromatic rings. The van der Waals surface area contributed by atoms with Crippen LogP contribution in [0.1, 0.15) is 39.5 Å². The van der Waals surface area contributed by atoms with Crippen molar-refractivity contribution in [3.8, 4) is 0 Å². The third kappa shape index (κ3) is 3.78. The molecule has 2 unspecified atom stereocenters. The summed E-state index contributed by atoms with van der Waals surface area (Å²) in [6.45, 7) is 4.30. The van der Waals surface area contributed by atoms with Gasteiger partial charge < -0.3 is 0 Å². The summed E-state index contributed by atoms with van der Waals surface area (Å²) >= 11 is 0. The van der Waals surface area contributed by atoms with E-state index in [0.717, 1.165) is 17.7 Å². The molecule has 0 spiro atoms. The second kappa shape index (κ2) is 6.78. The highest BCUT2D eigenvalue weighted by molar-refractivity contribution is 7.85. The molecule has 0 bridgehead atoms.